The van der Waals surface area contributed by atoms with Gasteiger partial charge >= 0.3 is 0 Å². The highest BCUT2D eigenvalue weighted by atomic mass is 35.5. The van der Waals surface area contributed by atoms with Gasteiger partial charge in [-0.3, -0.25) is 9.52 Å². The van der Waals surface area contributed by atoms with E-state index in [0.717, 1.165) is 5.56 Å². The fourth-order valence-electron chi connectivity index (χ4n) is 2.92. The third-order valence-electron chi connectivity index (χ3n) is 4.25. The molecule has 2 N–H and O–H groups in total. The number of rotatable bonds is 4. The highest BCUT2D eigenvalue weighted by Crippen LogP contribution is 2.23. The summed E-state index contributed by atoms with van der Waals surface area (Å²) in [5.41, 5.74) is 2.15. The molecular formula is C18H15ClN4O3S. The molecule has 0 spiro atoms. The average molecular weight is 403 g/mol. The summed E-state index contributed by atoms with van der Waals surface area (Å²) in [4.78, 5) is 12.0. The van der Waals surface area contributed by atoms with Crippen LogP contribution in [0.15, 0.2) is 59.8 Å². The van der Waals surface area contributed by atoms with E-state index >= 15 is 0 Å². The summed E-state index contributed by atoms with van der Waals surface area (Å²) in [6.45, 7) is 0.553. The van der Waals surface area contributed by atoms with Crippen LogP contribution in [0.1, 0.15) is 15.9 Å². The van der Waals surface area contributed by atoms with Gasteiger partial charge in [0.25, 0.3) is 15.9 Å². The number of carbonyl (C=O) groups excluding carboxylic acids is 1. The van der Waals surface area contributed by atoms with Crippen molar-refractivity contribution >= 4 is 33.2 Å². The lowest BCUT2D eigenvalue weighted by Gasteiger charge is -2.17. The molecule has 0 unspecified atom stereocenters. The highest BCUT2D eigenvalue weighted by Gasteiger charge is 2.22. The zero-order chi connectivity index (χ0) is 19.0. The third kappa shape index (κ3) is 3.41. The molecule has 0 aliphatic carbocycles. The van der Waals surface area contributed by atoms with Crippen molar-refractivity contribution in [2.75, 3.05) is 11.3 Å². The van der Waals surface area contributed by atoms with Crippen LogP contribution in [0, 0.1) is 0 Å². The van der Waals surface area contributed by atoms with Crippen LogP contribution in [0.3, 0.4) is 0 Å². The second-order valence-electron chi connectivity index (χ2n) is 6.06. The summed E-state index contributed by atoms with van der Waals surface area (Å²) in [6.07, 6.45) is 3.61. The minimum Gasteiger partial charge on any atom is -0.352 e. The molecule has 27 heavy (non-hydrogen) atoms. The first-order valence-corrected chi connectivity index (χ1v) is 10.0. The van der Waals surface area contributed by atoms with E-state index in [4.69, 9.17) is 11.6 Å². The summed E-state index contributed by atoms with van der Waals surface area (Å²) in [5.74, 6) is -0.264. The minimum atomic E-state index is -3.87. The summed E-state index contributed by atoms with van der Waals surface area (Å²) >= 11 is 6.14. The Hall–Kier alpha value is -2.84. The first kappa shape index (κ1) is 17.6. The molecule has 1 aliphatic heterocycles. The van der Waals surface area contributed by atoms with Gasteiger partial charge in [0.1, 0.15) is 0 Å². The van der Waals surface area contributed by atoms with Gasteiger partial charge < -0.3 is 5.32 Å². The van der Waals surface area contributed by atoms with E-state index in [1.165, 1.54) is 29.2 Å². The maximum atomic E-state index is 12.7. The van der Waals surface area contributed by atoms with Crippen molar-refractivity contribution in [2.24, 2.45) is 0 Å². The van der Waals surface area contributed by atoms with Crippen LogP contribution in [0.5, 0.6) is 0 Å². The quantitative estimate of drug-likeness (QED) is 0.701. The van der Waals surface area contributed by atoms with E-state index in [-0.39, 0.29) is 16.5 Å². The molecule has 1 amide bonds. The van der Waals surface area contributed by atoms with Gasteiger partial charge in [0.15, 0.2) is 0 Å². The van der Waals surface area contributed by atoms with Crippen LogP contribution in [-0.2, 0) is 16.4 Å². The van der Waals surface area contributed by atoms with E-state index in [9.17, 15) is 13.2 Å². The maximum absolute atomic E-state index is 12.7. The molecule has 0 saturated carbocycles. The van der Waals surface area contributed by atoms with Crippen molar-refractivity contribution in [1.82, 2.24) is 15.1 Å². The second kappa shape index (κ2) is 6.71. The van der Waals surface area contributed by atoms with Crippen molar-refractivity contribution in [3.63, 3.8) is 0 Å². The van der Waals surface area contributed by atoms with Gasteiger partial charge in [0.2, 0.25) is 0 Å². The molecule has 0 fully saturated rings. The first-order chi connectivity index (χ1) is 12.9. The molecule has 0 radical (unpaired) electrons. The standard InChI is InChI=1S/C18H15ClN4O3S/c19-16-3-1-2-4-17(16)23-11-13(10-21-23)22-27(25,26)14-6-5-12-7-8-20-18(24)15(12)9-14/h1-6,9-11,22H,7-8H2,(H,20,24). The van der Waals surface area contributed by atoms with Crippen molar-refractivity contribution in [1.29, 1.82) is 0 Å². The van der Waals surface area contributed by atoms with Crippen LogP contribution in [0.25, 0.3) is 5.69 Å². The lowest BCUT2D eigenvalue weighted by Crippen LogP contribution is -2.32. The topological polar surface area (TPSA) is 93.1 Å². The molecule has 7 nitrogen and oxygen atoms in total. The number of halogens is 1. The van der Waals surface area contributed by atoms with Gasteiger partial charge in [0.05, 0.1) is 33.7 Å². The second-order valence-corrected chi connectivity index (χ2v) is 8.14. The van der Waals surface area contributed by atoms with Crippen LogP contribution in [-0.4, -0.2) is 30.7 Å². The average Bonchev–Trinajstić information content (AvgIpc) is 3.09. The Kier molecular flexibility index (Phi) is 4.37. The normalized spacial score (nSPS) is 13.7. The minimum absolute atomic E-state index is 0.0174. The van der Waals surface area contributed by atoms with Crippen molar-refractivity contribution < 1.29 is 13.2 Å². The Bertz CT molecular complexity index is 1140. The van der Waals surface area contributed by atoms with E-state index < -0.39 is 10.0 Å². The molecule has 3 aromatic rings. The molecule has 4 rings (SSSR count). The van der Waals surface area contributed by atoms with Crippen LogP contribution >= 0.6 is 11.6 Å². The smallest absolute Gasteiger partial charge is 0.262 e. The number of fused-ring (bicyclic) bond motifs is 1. The monoisotopic (exact) mass is 402 g/mol. The number of sulfonamides is 1. The van der Waals surface area contributed by atoms with Crippen molar-refractivity contribution in [3.05, 3.63) is 71.0 Å². The largest absolute Gasteiger partial charge is 0.352 e. The molecule has 0 atom stereocenters. The molecule has 2 aromatic carbocycles. The van der Waals surface area contributed by atoms with E-state index in [2.05, 4.69) is 15.1 Å². The number of nitrogens with zero attached hydrogens (tertiary/aromatic N) is 2. The van der Waals surface area contributed by atoms with Gasteiger partial charge in [-0.05, 0) is 36.2 Å². The van der Waals surface area contributed by atoms with Crippen LogP contribution < -0.4 is 10.0 Å². The Balaban J connectivity index is 1.62. The molecule has 0 bridgehead atoms. The molecule has 2 heterocycles. The Morgan fingerprint density at radius 1 is 1.19 bits per heavy atom. The van der Waals surface area contributed by atoms with Gasteiger partial charge in [-0.25, -0.2) is 13.1 Å². The van der Waals surface area contributed by atoms with Crippen LogP contribution in [0.2, 0.25) is 5.02 Å². The number of carbonyl (C=O) groups is 1. The summed E-state index contributed by atoms with van der Waals surface area (Å²) in [7, 11) is -3.87. The summed E-state index contributed by atoms with van der Waals surface area (Å²) in [5, 5.41) is 7.36. The fraction of sp³-hybridized carbons (Fsp3) is 0.111. The van der Waals surface area contributed by atoms with Crippen molar-refractivity contribution in [2.45, 2.75) is 11.3 Å². The Labute approximate surface area is 161 Å². The van der Waals surface area contributed by atoms with E-state index in [1.807, 2.05) is 6.07 Å². The fourth-order valence-corrected chi connectivity index (χ4v) is 4.19. The number of para-hydroxylation sites is 1. The molecule has 0 saturated heterocycles. The predicted octanol–water partition coefficient (Wildman–Crippen LogP) is 2.61. The van der Waals surface area contributed by atoms with Gasteiger partial charge in [0, 0.05) is 12.1 Å². The number of nitrogens with one attached hydrogen (secondary N) is 2. The highest BCUT2D eigenvalue weighted by molar-refractivity contribution is 7.92. The zero-order valence-corrected chi connectivity index (χ0v) is 15.6. The molecular weight excluding hydrogens is 388 g/mol. The van der Waals surface area contributed by atoms with Crippen molar-refractivity contribution in [3.8, 4) is 5.69 Å². The number of anilines is 1. The van der Waals surface area contributed by atoms with Gasteiger partial charge in [-0.15, -0.1) is 0 Å². The first-order valence-electron chi connectivity index (χ1n) is 8.17. The number of aromatic nitrogens is 2. The Morgan fingerprint density at radius 2 is 2.00 bits per heavy atom. The van der Waals surface area contributed by atoms with E-state index in [1.54, 1.807) is 24.3 Å². The summed E-state index contributed by atoms with van der Waals surface area (Å²) in [6, 6.07) is 11.7. The maximum Gasteiger partial charge on any atom is 0.262 e. The number of hydrogen-bond acceptors (Lipinski definition) is 4. The lowest BCUT2D eigenvalue weighted by molar-refractivity contribution is 0.0945. The summed E-state index contributed by atoms with van der Waals surface area (Å²) < 4.78 is 29.4. The SMILES string of the molecule is O=C1NCCc2ccc(S(=O)(=O)Nc3cnn(-c4ccccc4Cl)c3)cc21. The molecule has 138 valence electrons. The molecule has 1 aromatic heterocycles. The predicted molar refractivity (Wildman–Crippen MR) is 102 cm³/mol. The molecule has 1 aliphatic rings. The number of hydrogen-bond donors (Lipinski definition) is 2. The third-order valence-corrected chi connectivity index (χ3v) is 5.95. The van der Waals surface area contributed by atoms with Crippen LogP contribution in [0.4, 0.5) is 5.69 Å². The molecule has 9 heteroatoms. The van der Waals surface area contributed by atoms with Gasteiger partial charge in [-0.1, -0.05) is 29.8 Å². The van der Waals surface area contributed by atoms with Gasteiger partial charge in [-0.2, -0.15) is 5.10 Å². The Morgan fingerprint density at radius 3 is 2.81 bits per heavy atom. The van der Waals surface area contributed by atoms with E-state index in [0.29, 0.717) is 29.2 Å². The number of amides is 1. The lowest BCUT2D eigenvalue weighted by atomic mass is 10.0. The zero-order valence-electron chi connectivity index (χ0n) is 14.0. The number of benzene rings is 2.